The van der Waals surface area contributed by atoms with Crippen LogP contribution in [0.1, 0.15) is 16.1 Å². The van der Waals surface area contributed by atoms with E-state index in [-0.39, 0.29) is 11.6 Å². The van der Waals surface area contributed by atoms with Gasteiger partial charge in [-0.2, -0.15) is 9.61 Å². The van der Waals surface area contributed by atoms with E-state index >= 15 is 0 Å². The first-order chi connectivity index (χ1) is 13.0. The number of fused-ring (bicyclic) bond motifs is 1. The average molecular weight is 398 g/mol. The van der Waals surface area contributed by atoms with Crippen molar-refractivity contribution in [2.45, 2.75) is 6.92 Å². The molecule has 27 heavy (non-hydrogen) atoms. The van der Waals surface area contributed by atoms with Gasteiger partial charge in [-0.25, -0.2) is 0 Å². The molecule has 0 aliphatic heterocycles. The lowest BCUT2D eigenvalue weighted by atomic mass is 10.1. The van der Waals surface area contributed by atoms with Crippen molar-refractivity contribution in [3.05, 3.63) is 76.2 Å². The van der Waals surface area contributed by atoms with Crippen molar-refractivity contribution in [3.63, 3.8) is 0 Å². The monoisotopic (exact) mass is 397 g/mol. The molecular formula is C19H13Cl2N5O. The maximum absolute atomic E-state index is 12.7. The molecule has 6 nitrogen and oxygen atoms in total. The lowest BCUT2D eigenvalue weighted by molar-refractivity contribution is 0.102. The molecule has 2 heterocycles. The zero-order valence-electron chi connectivity index (χ0n) is 14.1. The molecule has 0 bridgehead atoms. The molecule has 4 rings (SSSR count). The van der Waals surface area contributed by atoms with E-state index in [2.05, 4.69) is 20.6 Å². The molecule has 0 fully saturated rings. The third-order valence-corrected chi connectivity index (χ3v) is 4.58. The Kier molecular flexibility index (Phi) is 4.51. The van der Waals surface area contributed by atoms with Crippen molar-refractivity contribution in [1.82, 2.24) is 19.8 Å². The van der Waals surface area contributed by atoms with Crippen LogP contribution in [0.25, 0.3) is 16.8 Å². The molecule has 0 saturated carbocycles. The van der Waals surface area contributed by atoms with Crippen molar-refractivity contribution in [2.24, 2.45) is 0 Å². The second kappa shape index (κ2) is 6.98. The number of carbonyl (C=O) groups is 1. The van der Waals surface area contributed by atoms with Crippen LogP contribution in [0.2, 0.25) is 10.0 Å². The molecule has 8 heteroatoms. The van der Waals surface area contributed by atoms with Crippen molar-refractivity contribution in [2.75, 3.05) is 5.32 Å². The van der Waals surface area contributed by atoms with Crippen LogP contribution < -0.4 is 5.32 Å². The van der Waals surface area contributed by atoms with E-state index in [0.717, 1.165) is 5.56 Å². The van der Waals surface area contributed by atoms with Crippen molar-refractivity contribution in [1.29, 1.82) is 0 Å². The van der Waals surface area contributed by atoms with Crippen LogP contribution in [0, 0.1) is 6.92 Å². The predicted octanol–water partition coefficient (Wildman–Crippen LogP) is 4.66. The molecule has 134 valence electrons. The lowest BCUT2D eigenvalue weighted by Gasteiger charge is -2.09. The van der Waals surface area contributed by atoms with E-state index in [9.17, 15) is 4.79 Å². The number of rotatable bonds is 3. The quantitative estimate of drug-likeness (QED) is 0.545. The van der Waals surface area contributed by atoms with Crippen LogP contribution in [0.4, 0.5) is 5.69 Å². The molecular weight excluding hydrogens is 385 g/mol. The Morgan fingerprint density at radius 2 is 1.81 bits per heavy atom. The number of anilines is 1. The summed E-state index contributed by atoms with van der Waals surface area (Å²) in [6.45, 7) is 1.98. The van der Waals surface area contributed by atoms with Gasteiger partial charge in [-0.3, -0.25) is 4.79 Å². The summed E-state index contributed by atoms with van der Waals surface area (Å²) in [6, 6.07) is 14.3. The topological polar surface area (TPSA) is 72.2 Å². The van der Waals surface area contributed by atoms with Gasteiger partial charge in [-0.05, 0) is 37.3 Å². The zero-order chi connectivity index (χ0) is 19.0. The molecule has 0 unspecified atom stereocenters. The summed E-state index contributed by atoms with van der Waals surface area (Å²) < 4.78 is 1.45. The molecule has 0 atom stereocenters. The molecule has 0 spiro atoms. The van der Waals surface area contributed by atoms with E-state index in [4.69, 9.17) is 23.2 Å². The molecule has 0 saturated heterocycles. The Bertz CT molecular complexity index is 1150. The van der Waals surface area contributed by atoms with Crippen LogP contribution in [0.5, 0.6) is 0 Å². The van der Waals surface area contributed by atoms with Gasteiger partial charge in [-0.1, -0.05) is 47.0 Å². The van der Waals surface area contributed by atoms with E-state index in [1.165, 1.54) is 10.8 Å². The van der Waals surface area contributed by atoms with Crippen LogP contribution in [-0.2, 0) is 0 Å². The summed E-state index contributed by atoms with van der Waals surface area (Å²) >= 11 is 12.3. The van der Waals surface area contributed by atoms with Crippen LogP contribution >= 0.6 is 23.2 Å². The first-order valence-corrected chi connectivity index (χ1v) is 8.81. The first-order valence-electron chi connectivity index (χ1n) is 8.06. The molecule has 2 aromatic heterocycles. The number of aryl methyl sites for hydroxylation is 1. The Balaban J connectivity index is 1.78. The van der Waals surface area contributed by atoms with Gasteiger partial charge in [-0.15, -0.1) is 10.2 Å². The van der Waals surface area contributed by atoms with Gasteiger partial charge in [0.2, 0.25) is 0 Å². The van der Waals surface area contributed by atoms with E-state index < -0.39 is 0 Å². The van der Waals surface area contributed by atoms with Gasteiger partial charge in [0.25, 0.3) is 5.91 Å². The van der Waals surface area contributed by atoms with Crippen molar-refractivity contribution in [3.8, 4) is 11.1 Å². The number of benzene rings is 2. The number of nitrogens with one attached hydrogen (secondary N) is 1. The first kappa shape index (κ1) is 17.5. The Labute approximate surface area is 164 Å². The summed E-state index contributed by atoms with van der Waals surface area (Å²) in [5.41, 5.74) is 3.82. The Hall–Kier alpha value is -2.96. The third-order valence-electron chi connectivity index (χ3n) is 4.03. The SMILES string of the molecule is Cc1ccc(NC(=O)c2cc(-c3ccc(Cl)cc3Cl)c3nncn3n2)cc1. The van der Waals surface area contributed by atoms with E-state index in [0.29, 0.717) is 32.5 Å². The molecule has 0 aliphatic carbocycles. The smallest absolute Gasteiger partial charge is 0.276 e. The minimum absolute atomic E-state index is 0.212. The summed E-state index contributed by atoms with van der Waals surface area (Å²) in [4.78, 5) is 12.7. The summed E-state index contributed by atoms with van der Waals surface area (Å²) in [7, 11) is 0. The van der Waals surface area contributed by atoms with Gasteiger partial charge in [0.15, 0.2) is 5.65 Å². The highest BCUT2D eigenvalue weighted by Crippen LogP contribution is 2.32. The highest BCUT2D eigenvalue weighted by molar-refractivity contribution is 6.36. The van der Waals surface area contributed by atoms with Crippen LogP contribution in [0.15, 0.2) is 54.9 Å². The minimum atomic E-state index is -0.346. The van der Waals surface area contributed by atoms with E-state index in [1.54, 1.807) is 24.3 Å². The van der Waals surface area contributed by atoms with Gasteiger partial charge in [0.1, 0.15) is 12.0 Å². The Morgan fingerprint density at radius 1 is 1.04 bits per heavy atom. The summed E-state index contributed by atoms with van der Waals surface area (Å²) in [6.07, 6.45) is 1.44. The fraction of sp³-hybridized carbons (Fsp3) is 0.0526. The molecule has 1 N–H and O–H groups in total. The van der Waals surface area contributed by atoms with Crippen molar-refractivity contribution < 1.29 is 4.79 Å². The molecule has 1 amide bonds. The van der Waals surface area contributed by atoms with Crippen molar-refractivity contribution >= 4 is 40.4 Å². The second-order valence-electron chi connectivity index (χ2n) is 5.99. The number of nitrogens with zero attached hydrogens (tertiary/aromatic N) is 4. The fourth-order valence-corrected chi connectivity index (χ4v) is 3.19. The molecule has 4 aromatic rings. The maximum Gasteiger partial charge on any atom is 0.276 e. The number of amides is 1. The molecule has 0 radical (unpaired) electrons. The van der Waals surface area contributed by atoms with E-state index in [1.807, 2.05) is 31.2 Å². The number of hydrogen-bond acceptors (Lipinski definition) is 4. The Morgan fingerprint density at radius 3 is 2.56 bits per heavy atom. The van der Waals surface area contributed by atoms with Crippen LogP contribution in [-0.4, -0.2) is 25.7 Å². The highest BCUT2D eigenvalue weighted by atomic mass is 35.5. The second-order valence-corrected chi connectivity index (χ2v) is 6.83. The van der Waals surface area contributed by atoms with Gasteiger partial charge < -0.3 is 5.32 Å². The lowest BCUT2D eigenvalue weighted by Crippen LogP contribution is -2.15. The average Bonchev–Trinajstić information content (AvgIpc) is 3.12. The predicted molar refractivity (Wildman–Crippen MR) is 105 cm³/mol. The molecule has 2 aromatic carbocycles. The zero-order valence-corrected chi connectivity index (χ0v) is 15.7. The number of carbonyl (C=O) groups excluding carboxylic acids is 1. The standard InChI is InChI=1S/C19H13Cl2N5O/c1-11-2-5-13(6-3-11)23-19(27)17-9-15(18-24-22-10-26(18)25-17)14-7-4-12(20)8-16(14)21/h2-10H,1H3,(H,23,27). The van der Waals surface area contributed by atoms with Gasteiger partial charge >= 0.3 is 0 Å². The largest absolute Gasteiger partial charge is 0.321 e. The van der Waals surface area contributed by atoms with Gasteiger partial charge in [0, 0.05) is 21.8 Å². The summed E-state index contributed by atoms with van der Waals surface area (Å²) in [5.74, 6) is -0.346. The normalized spacial score (nSPS) is 10.9. The highest BCUT2D eigenvalue weighted by Gasteiger charge is 2.17. The fourth-order valence-electron chi connectivity index (χ4n) is 2.68. The molecule has 0 aliphatic rings. The minimum Gasteiger partial charge on any atom is -0.321 e. The summed E-state index contributed by atoms with van der Waals surface area (Å²) in [5, 5.41) is 16.1. The number of hydrogen-bond donors (Lipinski definition) is 1. The number of aromatic nitrogens is 4. The van der Waals surface area contributed by atoms with Crippen LogP contribution in [0.3, 0.4) is 0 Å². The van der Waals surface area contributed by atoms with Gasteiger partial charge in [0.05, 0.1) is 5.02 Å². The maximum atomic E-state index is 12.7. The number of halogens is 2. The third kappa shape index (κ3) is 3.49.